The first-order valence-electron chi connectivity index (χ1n) is 10.8. The summed E-state index contributed by atoms with van der Waals surface area (Å²) in [7, 11) is 3.35. The first-order valence-corrected chi connectivity index (χ1v) is 11.6. The number of nitrogens with zero attached hydrogens (tertiary/aromatic N) is 4. The Labute approximate surface area is 194 Å². The van der Waals surface area contributed by atoms with E-state index in [1.54, 1.807) is 24.4 Å². The highest BCUT2D eigenvalue weighted by molar-refractivity contribution is 7.22. The van der Waals surface area contributed by atoms with E-state index >= 15 is 4.39 Å². The molecule has 3 heterocycles. The van der Waals surface area contributed by atoms with Crippen molar-refractivity contribution in [2.24, 2.45) is 13.0 Å². The maximum atomic E-state index is 15.1. The minimum Gasteiger partial charge on any atom is -0.494 e. The third-order valence-electron chi connectivity index (χ3n) is 6.25. The second-order valence-corrected chi connectivity index (χ2v) is 9.37. The summed E-state index contributed by atoms with van der Waals surface area (Å²) in [4.78, 5) is 26.8. The smallest absolute Gasteiger partial charge is 0.199 e. The number of imidazole rings is 1. The number of rotatable bonds is 6. The molecular weight excluding hydrogens is 441 g/mol. The van der Waals surface area contributed by atoms with Gasteiger partial charge in [0.25, 0.3) is 0 Å². The monoisotopic (exact) mass is 465 g/mol. The summed E-state index contributed by atoms with van der Waals surface area (Å²) in [5.74, 6) is 1.72. The van der Waals surface area contributed by atoms with E-state index in [1.807, 2.05) is 24.7 Å². The number of benzene rings is 1. The van der Waals surface area contributed by atoms with Gasteiger partial charge in [-0.2, -0.15) is 0 Å². The van der Waals surface area contributed by atoms with E-state index < -0.39 is 5.82 Å². The van der Waals surface area contributed by atoms with Crippen LogP contribution in [0.5, 0.6) is 5.75 Å². The quantitative estimate of drug-likeness (QED) is 0.404. The molecule has 1 fully saturated rings. The lowest BCUT2D eigenvalue weighted by molar-refractivity contribution is -0.110. The molecule has 0 saturated heterocycles. The van der Waals surface area contributed by atoms with E-state index in [0.717, 1.165) is 46.2 Å². The minimum absolute atomic E-state index is 0.0684. The summed E-state index contributed by atoms with van der Waals surface area (Å²) < 4.78 is 22.2. The second kappa shape index (κ2) is 8.55. The fourth-order valence-corrected chi connectivity index (χ4v) is 5.69. The molecule has 7 nitrogen and oxygen atoms in total. The Kier molecular flexibility index (Phi) is 5.57. The molecule has 9 heteroatoms. The molecule has 0 spiro atoms. The highest BCUT2D eigenvalue weighted by Crippen LogP contribution is 2.43. The zero-order valence-electron chi connectivity index (χ0n) is 18.6. The van der Waals surface area contributed by atoms with E-state index in [1.165, 1.54) is 18.4 Å². The summed E-state index contributed by atoms with van der Waals surface area (Å²) in [5, 5.41) is 4.42. The highest BCUT2D eigenvalue weighted by Gasteiger charge is 2.27. The number of aldehydes is 1. The van der Waals surface area contributed by atoms with Crippen molar-refractivity contribution < 1.29 is 13.9 Å². The van der Waals surface area contributed by atoms with Gasteiger partial charge in [0.1, 0.15) is 16.9 Å². The van der Waals surface area contributed by atoms with Gasteiger partial charge in [0.05, 0.1) is 12.5 Å². The van der Waals surface area contributed by atoms with Gasteiger partial charge in [-0.3, -0.25) is 0 Å². The lowest BCUT2D eigenvalue weighted by Crippen LogP contribution is -2.17. The van der Waals surface area contributed by atoms with Crippen LogP contribution in [0.1, 0.15) is 24.8 Å². The average Bonchev–Trinajstić information content (AvgIpc) is 3.53. The zero-order chi connectivity index (χ0) is 23.1. The van der Waals surface area contributed by atoms with Crippen molar-refractivity contribution in [3.63, 3.8) is 0 Å². The van der Waals surface area contributed by atoms with Crippen LogP contribution in [0.15, 0.2) is 30.6 Å². The number of carbonyl (C=O) groups is 1. The molecular formula is C24H24FN5O2S. The SMILES string of the molecule is COc1cccc(-c2sc3nc(-c4nccn4C)nc(N[C@@H]4CC[C@@H](C=O)C4)c3c2C)c1F. The summed E-state index contributed by atoms with van der Waals surface area (Å²) in [6.07, 6.45) is 7.12. The molecule has 0 radical (unpaired) electrons. The number of methoxy groups -OCH3 is 1. The molecule has 170 valence electrons. The van der Waals surface area contributed by atoms with Crippen LogP contribution in [-0.2, 0) is 11.8 Å². The molecule has 0 bridgehead atoms. The minimum atomic E-state index is -0.397. The van der Waals surface area contributed by atoms with Crippen molar-refractivity contribution in [1.29, 1.82) is 0 Å². The highest BCUT2D eigenvalue weighted by atomic mass is 32.1. The fourth-order valence-electron chi connectivity index (χ4n) is 4.49. The van der Waals surface area contributed by atoms with Crippen LogP contribution in [-0.4, -0.2) is 39.0 Å². The summed E-state index contributed by atoms with van der Waals surface area (Å²) >= 11 is 1.42. The van der Waals surface area contributed by atoms with Crippen LogP contribution in [0.25, 0.3) is 32.3 Å². The average molecular weight is 466 g/mol. The molecule has 0 amide bonds. The van der Waals surface area contributed by atoms with Gasteiger partial charge in [0.15, 0.2) is 23.2 Å². The Morgan fingerprint density at radius 1 is 1.30 bits per heavy atom. The van der Waals surface area contributed by atoms with Gasteiger partial charge in [-0.15, -0.1) is 11.3 Å². The first-order chi connectivity index (χ1) is 16.0. The Bertz CT molecular complexity index is 1350. The van der Waals surface area contributed by atoms with Crippen molar-refractivity contribution in [2.75, 3.05) is 12.4 Å². The normalized spacial score (nSPS) is 18.1. The van der Waals surface area contributed by atoms with E-state index in [0.29, 0.717) is 23.0 Å². The number of aryl methyl sites for hydroxylation is 2. The number of hydrogen-bond acceptors (Lipinski definition) is 7. The van der Waals surface area contributed by atoms with Crippen molar-refractivity contribution in [3.05, 3.63) is 42.0 Å². The fraction of sp³-hybridized carbons (Fsp3) is 0.333. The van der Waals surface area contributed by atoms with Gasteiger partial charge in [-0.25, -0.2) is 19.3 Å². The van der Waals surface area contributed by atoms with Crippen LogP contribution in [0.3, 0.4) is 0 Å². The van der Waals surface area contributed by atoms with Crippen LogP contribution in [0.4, 0.5) is 10.2 Å². The molecule has 1 aromatic carbocycles. The molecule has 3 aromatic heterocycles. The number of ether oxygens (including phenoxy) is 1. The van der Waals surface area contributed by atoms with Crippen molar-refractivity contribution >= 4 is 33.7 Å². The lowest BCUT2D eigenvalue weighted by Gasteiger charge is -2.15. The molecule has 0 aliphatic heterocycles. The van der Waals surface area contributed by atoms with Crippen molar-refractivity contribution in [3.8, 4) is 27.8 Å². The first kappa shape index (κ1) is 21.5. The Balaban J connectivity index is 1.68. The standard InChI is InChI=1S/C24H24FN5O2S/c1-13-18-21(27-15-8-7-14(11-15)12-31)28-22(23-26-9-10-30(23)2)29-24(18)33-20(13)16-5-4-6-17(32-3)19(16)25/h4-6,9-10,12,14-15H,7-8,11H2,1-3H3,(H,27,28,29)/t14-,15-/m1/s1. The Morgan fingerprint density at radius 2 is 2.15 bits per heavy atom. The molecule has 1 aliphatic rings. The van der Waals surface area contributed by atoms with Gasteiger partial charge < -0.3 is 19.4 Å². The molecule has 2 atom stereocenters. The second-order valence-electron chi connectivity index (χ2n) is 8.37. The van der Waals surface area contributed by atoms with E-state index in [9.17, 15) is 4.79 Å². The van der Waals surface area contributed by atoms with Crippen LogP contribution in [0.2, 0.25) is 0 Å². The Hall–Kier alpha value is -3.33. The van der Waals surface area contributed by atoms with Gasteiger partial charge in [0.2, 0.25) is 0 Å². The number of aromatic nitrogens is 4. The van der Waals surface area contributed by atoms with Crippen LogP contribution >= 0.6 is 11.3 Å². The predicted octanol–water partition coefficient (Wildman–Crippen LogP) is 4.99. The van der Waals surface area contributed by atoms with E-state index in [2.05, 4.69) is 10.3 Å². The molecule has 1 aliphatic carbocycles. The van der Waals surface area contributed by atoms with Gasteiger partial charge in [0, 0.05) is 41.8 Å². The maximum absolute atomic E-state index is 15.1. The number of hydrogen-bond donors (Lipinski definition) is 1. The van der Waals surface area contributed by atoms with Crippen LogP contribution < -0.4 is 10.1 Å². The molecule has 5 rings (SSSR count). The molecule has 0 unspecified atom stereocenters. The number of halogens is 1. The lowest BCUT2D eigenvalue weighted by atomic mass is 10.1. The number of fused-ring (bicyclic) bond motifs is 1. The van der Waals surface area contributed by atoms with Crippen molar-refractivity contribution in [2.45, 2.75) is 32.2 Å². The van der Waals surface area contributed by atoms with E-state index in [-0.39, 0.29) is 17.7 Å². The number of thiophene rings is 1. The molecule has 33 heavy (non-hydrogen) atoms. The summed E-state index contributed by atoms with van der Waals surface area (Å²) in [6, 6.07) is 5.28. The zero-order valence-corrected chi connectivity index (χ0v) is 19.4. The van der Waals surface area contributed by atoms with E-state index in [4.69, 9.17) is 14.7 Å². The third kappa shape index (κ3) is 3.76. The van der Waals surface area contributed by atoms with Gasteiger partial charge >= 0.3 is 0 Å². The summed E-state index contributed by atoms with van der Waals surface area (Å²) in [6.45, 7) is 1.96. The number of nitrogens with one attached hydrogen (secondary N) is 1. The third-order valence-corrected chi connectivity index (χ3v) is 7.46. The van der Waals surface area contributed by atoms with Crippen molar-refractivity contribution in [1.82, 2.24) is 19.5 Å². The Morgan fingerprint density at radius 3 is 2.85 bits per heavy atom. The maximum Gasteiger partial charge on any atom is 0.199 e. The van der Waals surface area contributed by atoms with Crippen LogP contribution in [0, 0.1) is 18.7 Å². The largest absolute Gasteiger partial charge is 0.494 e. The number of carbonyl (C=O) groups excluding carboxylic acids is 1. The predicted molar refractivity (Wildman–Crippen MR) is 127 cm³/mol. The molecule has 1 N–H and O–H groups in total. The van der Waals surface area contributed by atoms with Gasteiger partial charge in [-0.05, 0) is 37.8 Å². The number of anilines is 1. The molecule has 1 saturated carbocycles. The summed E-state index contributed by atoms with van der Waals surface area (Å²) in [5.41, 5.74) is 1.38. The molecule has 4 aromatic rings. The topological polar surface area (TPSA) is 81.9 Å². The van der Waals surface area contributed by atoms with Gasteiger partial charge in [-0.1, -0.05) is 12.1 Å².